The van der Waals surface area contributed by atoms with Crippen LogP contribution in [-0.4, -0.2) is 49.9 Å². The van der Waals surface area contributed by atoms with E-state index < -0.39 is 0 Å². The van der Waals surface area contributed by atoms with Gasteiger partial charge in [-0.1, -0.05) is 30.3 Å². The number of ether oxygens (including phenoxy) is 1. The molecule has 1 amide bonds. The third-order valence-electron chi connectivity index (χ3n) is 4.40. The Kier molecular flexibility index (Phi) is 6.50. The first-order valence-corrected chi connectivity index (χ1v) is 9.78. The van der Waals surface area contributed by atoms with Crippen molar-refractivity contribution in [2.45, 2.75) is 10.9 Å². The molecule has 2 aromatic carbocycles. The normalized spacial score (nSPS) is 16.4. The number of thioether (sulfide) groups is 1. The minimum atomic E-state index is -0.0352. The van der Waals surface area contributed by atoms with E-state index in [0.717, 1.165) is 43.3 Å². The van der Waals surface area contributed by atoms with Gasteiger partial charge in [-0.05, 0) is 36.1 Å². The van der Waals surface area contributed by atoms with Crippen molar-refractivity contribution in [2.24, 2.45) is 0 Å². The predicted octanol–water partition coefficient (Wildman–Crippen LogP) is 3.21. The molecular formula is C20H24N2O2S. The summed E-state index contributed by atoms with van der Waals surface area (Å²) in [6.07, 6.45) is 2.03. The van der Waals surface area contributed by atoms with Crippen LogP contribution in [0, 0.1) is 0 Å². The zero-order chi connectivity index (χ0) is 17.5. The number of hydrogen-bond donors (Lipinski definition) is 1. The first-order valence-electron chi connectivity index (χ1n) is 8.56. The summed E-state index contributed by atoms with van der Waals surface area (Å²) in [5.41, 5.74) is 1.82. The average Bonchev–Trinajstić information content (AvgIpc) is 2.69. The van der Waals surface area contributed by atoms with Crippen LogP contribution in [0.3, 0.4) is 0 Å². The molecule has 0 saturated carbocycles. The highest BCUT2D eigenvalue weighted by atomic mass is 32.2. The summed E-state index contributed by atoms with van der Waals surface area (Å²) in [6.45, 7) is 4.11. The molecule has 1 N–H and O–H groups in total. The molecule has 5 heteroatoms. The number of nitrogens with zero attached hydrogens (tertiary/aromatic N) is 1. The molecule has 0 bridgehead atoms. The molecule has 3 rings (SSSR count). The molecule has 25 heavy (non-hydrogen) atoms. The zero-order valence-electron chi connectivity index (χ0n) is 14.5. The number of rotatable bonds is 6. The first kappa shape index (κ1) is 18.0. The standard InChI is InChI=1S/C20H24N2O2S/c1-25-18-9-7-17(8-10-18)20(23)21-19(16-5-3-2-4-6-16)15-22-11-13-24-14-12-22/h2-10,19H,11-15H2,1H3,(H,21,23)/t19-/m0/s1. The molecule has 0 radical (unpaired) electrons. The van der Waals surface area contributed by atoms with Crippen LogP contribution in [0.1, 0.15) is 22.0 Å². The Labute approximate surface area is 153 Å². The molecule has 0 unspecified atom stereocenters. The van der Waals surface area contributed by atoms with Gasteiger partial charge in [-0.15, -0.1) is 11.8 Å². The fourth-order valence-corrected chi connectivity index (χ4v) is 3.35. The van der Waals surface area contributed by atoms with E-state index in [1.165, 1.54) is 0 Å². The van der Waals surface area contributed by atoms with E-state index in [1.807, 2.05) is 48.7 Å². The number of nitrogens with one attached hydrogen (secondary N) is 1. The van der Waals surface area contributed by atoms with Crippen molar-refractivity contribution >= 4 is 17.7 Å². The lowest BCUT2D eigenvalue weighted by Crippen LogP contribution is -2.43. The van der Waals surface area contributed by atoms with Crippen LogP contribution in [0.25, 0.3) is 0 Å². The van der Waals surface area contributed by atoms with Crippen LogP contribution >= 0.6 is 11.8 Å². The van der Waals surface area contributed by atoms with Gasteiger partial charge in [0.05, 0.1) is 19.3 Å². The van der Waals surface area contributed by atoms with Gasteiger partial charge < -0.3 is 10.1 Å². The summed E-state index contributed by atoms with van der Waals surface area (Å²) in [4.78, 5) is 16.2. The number of carbonyl (C=O) groups is 1. The molecule has 1 heterocycles. The Hall–Kier alpha value is -1.82. The molecule has 2 aromatic rings. The minimum Gasteiger partial charge on any atom is -0.379 e. The monoisotopic (exact) mass is 356 g/mol. The predicted molar refractivity (Wildman–Crippen MR) is 102 cm³/mol. The Morgan fingerprint density at radius 1 is 1.12 bits per heavy atom. The average molecular weight is 356 g/mol. The largest absolute Gasteiger partial charge is 0.379 e. The molecule has 1 aliphatic rings. The third-order valence-corrected chi connectivity index (χ3v) is 5.15. The molecule has 1 saturated heterocycles. The number of benzene rings is 2. The maximum absolute atomic E-state index is 12.7. The summed E-state index contributed by atoms with van der Waals surface area (Å²) in [6, 6.07) is 17.9. The second-order valence-corrected chi connectivity index (χ2v) is 6.96. The second kappa shape index (κ2) is 9.04. The van der Waals surface area contributed by atoms with Gasteiger partial charge in [0.2, 0.25) is 0 Å². The Morgan fingerprint density at radius 3 is 2.44 bits per heavy atom. The van der Waals surface area contributed by atoms with Gasteiger partial charge in [0.1, 0.15) is 0 Å². The van der Waals surface area contributed by atoms with E-state index in [-0.39, 0.29) is 11.9 Å². The van der Waals surface area contributed by atoms with E-state index in [1.54, 1.807) is 11.8 Å². The highest BCUT2D eigenvalue weighted by Gasteiger charge is 2.20. The molecule has 4 nitrogen and oxygen atoms in total. The maximum atomic E-state index is 12.7. The number of carbonyl (C=O) groups excluding carboxylic acids is 1. The fourth-order valence-electron chi connectivity index (χ4n) is 2.95. The molecule has 1 atom stereocenters. The lowest BCUT2D eigenvalue weighted by atomic mass is 10.1. The zero-order valence-corrected chi connectivity index (χ0v) is 15.3. The Morgan fingerprint density at radius 2 is 1.80 bits per heavy atom. The number of amides is 1. The van der Waals surface area contributed by atoms with Crippen LogP contribution in [0.2, 0.25) is 0 Å². The van der Waals surface area contributed by atoms with Gasteiger partial charge in [0.25, 0.3) is 5.91 Å². The van der Waals surface area contributed by atoms with Crippen LogP contribution in [0.15, 0.2) is 59.5 Å². The van der Waals surface area contributed by atoms with Gasteiger partial charge in [0.15, 0.2) is 0 Å². The number of hydrogen-bond acceptors (Lipinski definition) is 4. The first-order chi connectivity index (χ1) is 12.3. The van der Waals surface area contributed by atoms with Crippen LogP contribution < -0.4 is 5.32 Å². The maximum Gasteiger partial charge on any atom is 0.251 e. The molecule has 1 aliphatic heterocycles. The van der Waals surface area contributed by atoms with E-state index in [0.29, 0.717) is 5.56 Å². The summed E-state index contributed by atoms with van der Waals surface area (Å²) in [5.74, 6) is -0.0326. The quantitative estimate of drug-likeness (QED) is 0.807. The Bertz CT molecular complexity index is 670. The molecule has 0 spiro atoms. The van der Waals surface area contributed by atoms with E-state index in [2.05, 4.69) is 22.3 Å². The van der Waals surface area contributed by atoms with Crippen molar-refractivity contribution in [1.29, 1.82) is 0 Å². The van der Waals surface area contributed by atoms with Crippen molar-refractivity contribution in [3.8, 4) is 0 Å². The van der Waals surface area contributed by atoms with Gasteiger partial charge in [0, 0.05) is 30.1 Å². The van der Waals surface area contributed by atoms with Gasteiger partial charge in [-0.25, -0.2) is 0 Å². The molecule has 0 aromatic heterocycles. The van der Waals surface area contributed by atoms with E-state index >= 15 is 0 Å². The van der Waals surface area contributed by atoms with Crippen molar-refractivity contribution in [3.05, 3.63) is 65.7 Å². The number of morpholine rings is 1. The molecule has 1 fully saturated rings. The third kappa shape index (κ3) is 5.08. The summed E-state index contributed by atoms with van der Waals surface area (Å²) in [7, 11) is 0. The van der Waals surface area contributed by atoms with E-state index in [9.17, 15) is 4.79 Å². The highest BCUT2D eigenvalue weighted by Crippen LogP contribution is 2.18. The lowest BCUT2D eigenvalue weighted by molar-refractivity contribution is 0.0332. The molecule has 132 valence electrons. The van der Waals surface area contributed by atoms with Crippen LogP contribution in [0.5, 0.6) is 0 Å². The summed E-state index contributed by atoms with van der Waals surface area (Å²) >= 11 is 1.67. The van der Waals surface area contributed by atoms with Crippen molar-refractivity contribution in [1.82, 2.24) is 10.2 Å². The van der Waals surface area contributed by atoms with Crippen molar-refractivity contribution < 1.29 is 9.53 Å². The second-order valence-electron chi connectivity index (χ2n) is 6.08. The van der Waals surface area contributed by atoms with E-state index in [4.69, 9.17) is 4.74 Å². The van der Waals surface area contributed by atoms with Crippen molar-refractivity contribution in [2.75, 3.05) is 39.1 Å². The summed E-state index contributed by atoms with van der Waals surface area (Å²) < 4.78 is 5.43. The highest BCUT2D eigenvalue weighted by molar-refractivity contribution is 7.98. The fraction of sp³-hybridized carbons (Fsp3) is 0.350. The lowest BCUT2D eigenvalue weighted by Gasteiger charge is -2.31. The SMILES string of the molecule is CSc1ccc(C(=O)N[C@@H](CN2CCOCC2)c2ccccc2)cc1. The topological polar surface area (TPSA) is 41.6 Å². The van der Waals surface area contributed by atoms with Gasteiger partial charge in [-0.2, -0.15) is 0 Å². The molecule has 0 aliphatic carbocycles. The minimum absolute atomic E-state index is 0.0326. The van der Waals surface area contributed by atoms with Crippen LogP contribution in [0.4, 0.5) is 0 Å². The molecular weight excluding hydrogens is 332 g/mol. The van der Waals surface area contributed by atoms with Gasteiger partial charge in [-0.3, -0.25) is 9.69 Å². The van der Waals surface area contributed by atoms with Crippen molar-refractivity contribution in [3.63, 3.8) is 0 Å². The summed E-state index contributed by atoms with van der Waals surface area (Å²) in [5, 5.41) is 3.21. The smallest absolute Gasteiger partial charge is 0.251 e. The van der Waals surface area contributed by atoms with Gasteiger partial charge >= 0.3 is 0 Å². The Balaban J connectivity index is 1.72. The van der Waals surface area contributed by atoms with Crippen LogP contribution in [-0.2, 0) is 4.74 Å².